The van der Waals surface area contributed by atoms with Gasteiger partial charge in [0.25, 0.3) is 0 Å². The van der Waals surface area contributed by atoms with Gasteiger partial charge in [-0.05, 0) is 37.6 Å². The molecule has 2 fully saturated rings. The zero-order chi connectivity index (χ0) is 11.6. The Hall–Kier alpha value is -0.0800. The molecule has 0 aromatic rings. The highest BCUT2D eigenvalue weighted by Gasteiger charge is 2.40. The summed E-state index contributed by atoms with van der Waals surface area (Å²) in [6, 6.07) is 1.61. The molecule has 1 aliphatic carbocycles. The van der Waals surface area contributed by atoms with Gasteiger partial charge in [0.2, 0.25) is 0 Å². The normalized spacial score (nSPS) is 34.7. The molecule has 2 rings (SSSR count). The second kappa shape index (κ2) is 5.05. The average Bonchev–Trinajstić information content (AvgIpc) is 2.81. The summed E-state index contributed by atoms with van der Waals surface area (Å²) in [5.41, 5.74) is 0.555. The van der Waals surface area contributed by atoms with E-state index in [2.05, 4.69) is 31.0 Å². The molecule has 1 N–H and O–H groups in total. The van der Waals surface area contributed by atoms with Crippen molar-refractivity contribution in [3.63, 3.8) is 0 Å². The van der Waals surface area contributed by atoms with Crippen LogP contribution in [0.2, 0.25) is 0 Å². The molecule has 2 aliphatic rings. The van der Waals surface area contributed by atoms with Crippen LogP contribution in [0.3, 0.4) is 0 Å². The largest absolute Gasteiger partial charge is 0.313 e. The van der Waals surface area contributed by atoms with Crippen molar-refractivity contribution in [3.8, 4) is 0 Å². The molecule has 1 heterocycles. The third kappa shape index (κ3) is 2.60. The van der Waals surface area contributed by atoms with E-state index in [1.54, 1.807) is 0 Å². The van der Waals surface area contributed by atoms with Gasteiger partial charge in [0, 0.05) is 25.2 Å². The van der Waals surface area contributed by atoms with Crippen LogP contribution in [0.25, 0.3) is 0 Å². The fourth-order valence-corrected chi connectivity index (χ4v) is 3.57. The van der Waals surface area contributed by atoms with Crippen LogP contribution in [0, 0.1) is 5.41 Å². The quantitative estimate of drug-likeness (QED) is 0.790. The van der Waals surface area contributed by atoms with E-state index in [9.17, 15) is 0 Å². The second-order valence-electron chi connectivity index (χ2n) is 6.33. The van der Waals surface area contributed by atoms with Crippen LogP contribution in [0.15, 0.2) is 0 Å². The lowest BCUT2D eigenvalue weighted by Gasteiger charge is -2.35. The number of nitrogens with zero attached hydrogens (tertiary/aromatic N) is 1. The number of rotatable bonds is 4. The van der Waals surface area contributed by atoms with E-state index in [-0.39, 0.29) is 0 Å². The minimum absolute atomic E-state index is 0.555. The summed E-state index contributed by atoms with van der Waals surface area (Å²) in [6.07, 6.45) is 6.88. The molecular formula is C14H28N2. The van der Waals surface area contributed by atoms with Gasteiger partial charge in [-0.3, -0.25) is 4.90 Å². The van der Waals surface area contributed by atoms with Crippen molar-refractivity contribution in [2.24, 2.45) is 5.41 Å². The Morgan fingerprint density at radius 1 is 1.31 bits per heavy atom. The minimum Gasteiger partial charge on any atom is -0.313 e. The third-order valence-electron chi connectivity index (χ3n) is 4.54. The third-order valence-corrected chi connectivity index (χ3v) is 4.54. The number of nitrogens with one attached hydrogen (secondary N) is 1. The van der Waals surface area contributed by atoms with Crippen LogP contribution in [0.1, 0.15) is 52.9 Å². The SMILES string of the molecule is CCCNC1CCN(C2CCCC2(C)C)C1. The van der Waals surface area contributed by atoms with Crippen molar-refractivity contribution in [1.82, 2.24) is 10.2 Å². The second-order valence-corrected chi connectivity index (χ2v) is 6.33. The van der Waals surface area contributed by atoms with Gasteiger partial charge in [0.05, 0.1) is 0 Å². The lowest BCUT2D eigenvalue weighted by atomic mass is 9.86. The number of hydrogen-bond donors (Lipinski definition) is 1. The van der Waals surface area contributed by atoms with Gasteiger partial charge in [0.1, 0.15) is 0 Å². The molecule has 2 unspecified atom stereocenters. The molecule has 0 aromatic carbocycles. The number of likely N-dealkylation sites (tertiary alicyclic amines) is 1. The van der Waals surface area contributed by atoms with Crippen molar-refractivity contribution in [2.75, 3.05) is 19.6 Å². The van der Waals surface area contributed by atoms with Crippen LogP contribution in [-0.2, 0) is 0 Å². The molecule has 0 spiro atoms. The highest BCUT2D eigenvalue weighted by molar-refractivity contribution is 4.95. The molecule has 94 valence electrons. The first kappa shape index (κ1) is 12.4. The highest BCUT2D eigenvalue weighted by atomic mass is 15.2. The van der Waals surface area contributed by atoms with Gasteiger partial charge >= 0.3 is 0 Å². The van der Waals surface area contributed by atoms with Crippen molar-refractivity contribution in [1.29, 1.82) is 0 Å². The molecule has 2 heteroatoms. The average molecular weight is 224 g/mol. The standard InChI is InChI=1S/C14H28N2/c1-4-9-15-12-7-10-16(11-12)13-6-5-8-14(13,2)3/h12-13,15H,4-11H2,1-3H3. The molecule has 1 saturated heterocycles. The predicted octanol–water partition coefficient (Wildman–Crippen LogP) is 2.64. The fourth-order valence-electron chi connectivity index (χ4n) is 3.57. The Morgan fingerprint density at radius 2 is 2.12 bits per heavy atom. The Morgan fingerprint density at radius 3 is 2.75 bits per heavy atom. The summed E-state index contributed by atoms with van der Waals surface area (Å²) in [5.74, 6) is 0. The van der Waals surface area contributed by atoms with E-state index in [4.69, 9.17) is 0 Å². The maximum Gasteiger partial charge on any atom is 0.0207 e. The first-order valence-electron chi connectivity index (χ1n) is 7.11. The van der Waals surface area contributed by atoms with Gasteiger partial charge in [-0.25, -0.2) is 0 Å². The Labute approximate surface area is 101 Å². The van der Waals surface area contributed by atoms with Gasteiger partial charge in [-0.1, -0.05) is 27.2 Å². The van der Waals surface area contributed by atoms with E-state index in [0.717, 1.165) is 12.1 Å². The summed E-state index contributed by atoms with van der Waals surface area (Å²) in [5, 5.41) is 3.67. The minimum atomic E-state index is 0.555. The molecule has 0 bridgehead atoms. The lowest BCUT2D eigenvalue weighted by Crippen LogP contribution is -2.42. The summed E-state index contributed by atoms with van der Waals surface area (Å²) >= 11 is 0. The van der Waals surface area contributed by atoms with Crippen LogP contribution < -0.4 is 5.32 Å². The molecule has 1 aliphatic heterocycles. The number of hydrogen-bond acceptors (Lipinski definition) is 2. The van der Waals surface area contributed by atoms with Gasteiger partial charge < -0.3 is 5.32 Å². The topological polar surface area (TPSA) is 15.3 Å². The predicted molar refractivity (Wildman–Crippen MR) is 69.7 cm³/mol. The van der Waals surface area contributed by atoms with Crippen LogP contribution >= 0.6 is 0 Å². The van der Waals surface area contributed by atoms with E-state index in [1.807, 2.05) is 0 Å². The van der Waals surface area contributed by atoms with Crippen molar-refractivity contribution >= 4 is 0 Å². The van der Waals surface area contributed by atoms with E-state index in [1.165, 1.54) is 51.7 Å². The zero-order valence-corrected chi connectivity index (χ0v) is 11.3. The maximum atomic E-state index is 3.67. The van der Waals surface area contributed by atoms with E-state index in [0.29, 0.717) is 5.41 Å². The van der Waals surface area contributed by atoms with Crippen molar-refractivity contribution in [3.05, 3.63) is 0 Å². The molecule has 2 nitrogen and oxygen atoms in total. The highest BCUT2D eigenvalue weighted by Crippen LogP contribution is 2.41. The summed E-state index contributed by atoms with van der Waals surface area (Å²) < 4.78 is 0. The van der Waals surface area contributed by atoms with Crippen molar-refractivity contribution in [2.45, 2.75) is 65.0 Å². The molecule has 2 atom stereocenters. The van der Waals surface area contributed by atoms with Gasteiger partial charge in [-0.15, -0.1) is 0 Å². The van der Waals surface area contributed by atoms with E-state index >= 15 is 0 Å². The summed E-state index contributed by atoms with van der Waals surface area (Å²) in [7, 11) is 0. The van der Waals surface area contributed by atoms with Crippen LogP contribution in [0.4, 0.5) is 0 Å². The molecule has 0 amide bonds. The molecule has 0 aromatic heterocycles. The maximum absolute atomic E-state index is 3.67. The zero-order valence-electron chi connectivity index (χ0n) is 11.3. The molecule has 16 heavy (non-hydrogen) atoms. The molecule has 0 radical (unpaired) electrons. The first-order chi connectivity index (χ1) is 7.63. The summed E-state index contributed by atoms with van der Waals surface area (Å²) in [4.78, 5) is 2.75. The Kier molecular flexibility index (Phi) is 3.91. The van der Waals surface area contributed by atoms with Crippen LogP contribution in [-0.4, -0.2) is 36.6 Å². The lowest BCUT2D eigenvalue weighted by molar-refractivity contribution is 0.137. The Bertz CT molecular complexity index is 225. The smallest absolute Gasteiger partial charge is 0.0207 e. The monoisotopic (exact) mass is 224 g/mol. The van der Waals surface area contributed by atoms with Crippen molar-refractivity contribution < 1.29 is 0 Å². The molecule has 1 saturated carbocycles. The van der Waals surface area contributed by atoms with Gasteiger partial charge in [-0.2, -0.15) is 0 Å². The van der Waals surface area contributed by atoms with Crippen LogP contribution in [0.5, 0.6) is 0 Å². The first-order valence-corrected chi connectivity index (χ1v) is 7.11. The Balaban J connectivity index is 1.84. The van der Waals surface area contributed by atoms with E-state index < -0.39 is 0 Å². The van der Waals surface area contributed by atoms with Gasteiger partial charge in [0.15, 0.2) is 0 Å². The summed E-state index contributed by atoms with van der Waals surface area (Å²) in [6.45, 7) is 10.9. The molecular weight excluding hydrogens is 196 g/mol. The fraction of sp³-hybridized carbons (Fsp3) is 1.00.